The summed E-state index contributed by atoms with van der Waals surface area (Å²) in [7, 11) is 0. The van der Waals surface area contributed by atoms with Crippen molar-refractivity contribution in [2.45, 2.75) is 38.0 Å². The quantitative estimate of drug-likeness (QED) is 0.529. The molecule has 82 valence electrons. The zero-order valence-electron chi connectivity index (χ0n) is 8.39. The van der Waals surface area contributed by atoms with E-state index in [1.165, 1.54) is 4.90 Å². The van der Waals surface area contributed by atoms with Gasteiger partial charge in [0.15, 0.2) is 0 Å². The van der Waals surface area contributed by atoms with Crippen molar-refractivity contribution in [3.8, 4) is 0 Å². The molecule has 5 nitrogen and oxygen atoms in total. The van der Waals surface area contributed by atoms with Crippen LogP contribution in [-0.2, 0) is 4.79 Å². The molecule has 1 amide bonds. The summed E-state index contributed by atoms with van der Waals surface area (Å²) < 4.78 is 0. The van der Waals surface area contributed by atoms with E-state index in [0.717, 1.165) is 0 Å². The maximum Gasteiger partial charge on any atom is 0.222 e. The van der Waals surface area contributed by atoms with Crippen LogP contribution in [-0.4, -0.2) is 52.4 Å². The van der Waals surface area contributed by atoms with Crippen molar-refractivity contribution in [3.05, 3.63) is 0 Å². The molecule has 1 aliphatic heterocycles. The van der Waals surface area contributed by atoms with E-state index in [0.29, 0.717) is 12.8 Å². The number of likely N-dealkylation sites (tertiary alicyclic amines) is 1. The van der Waals surface area contributed by atoms with Gasteiger partial charge >= 0.3 is 0 Å². The van der Waals surface area contributed by atoms with Gasteiger partial charge in [-0.2, -0.15) is 0 Å². The molecule has 5 heteroatoms. The molecule has 0 saturated carbocycles. The summed E-state index contributed by atoms with van der Waals surface area (Å²) in [5.74, 6) is -0.0436. The van der Waals surface area contributed by atoms with Gasteiger partial charge in [0.05, 0.1) is 12.2 Å². The average Bonchev–Trinajstić information content (AvgIpc) is 2.43. The maximum atomic E-state index is 11.5. The molecule has 1 rings (SSSR count). The van der Waals surface area contributed by atoms with Gasteiger partial charge in [0, 0.05) is 25.6 Å². The molecule has 0 radical (unpaired) electrons. The molecule has 1 saturated heterocycles. The summed E-state index contributed by atoms with van der Waals surface area (Å²) in [4.78, 5) is 13.0. The smallest absolute Gasteiger partial charge is 0.222 e. The number of nitrogens with two attached hydrogens (primary N) is 1. The van der Waals surface area contributed by atoms with Gasteiger partial charge in [-0.15, -0.1) is 0 Å². The van der Waals surface area contributed by atoms with E-state index in [1.807, 2.05) is 6.92 Å². The fourth-order valence-electron chi connectivity index (χ4n) is 1.48. The first kappa shape index (κ1) is 11.4. The standard InChI is InChI=1S/C9H18N2O3/c1-6(10)2-3-9(14)11-4-7(12)8(13)5-11/h6-8,12-13H,2-5,10H2,1H3. The molecule has 0 aromatic rings. The minimum absolute atomic E-state index is 0.0106. The number of aliphatic hydroxyl groups excluding tert-OH is 2. The Morgan fingerprint density at radius 2 is 2.00 bits per heavy atom. The van der Waals surface area contributed by atoms with Crippen LogP contribution in [0.4, 0.5) is 0 Å². The predicted octanol–water partition coefficient (Wildman–Crippen LogP) is -1.32. The van der Waals surface area contributed by atoms with E-state index in [2.05, 4.69) is 0 Å². The first-order chi connectivity index (χ1) is 6.50. The number of carbonyl (C=O) groups excluding carboxylic acids is 1. The Hall–Kier alpha value is -0.650. The molecule has 1 aliphatic rings. The number of β-amino-alcohol motifs (C(OH)–C–C–N with tert-alkyl or cyclic N) is 2. The Kier molecular flexibility index (Phi) is 3.86. The lowest BCUT2D eigenvalue weighted by Gasteiger charge is -2.15. The molecule has 4 N–H and O–H groups in total. The molecule has 0 bridgehead atoms. The van der Waals surface area contributed by atoms with Gasteiger partial charge in [-0.25, -0.2) is 0 Å². The number of rotatable bonds is 3. The lowest BCUT2D eigenvalue weighted by atomic mass is 10.2. The Balaban J connectivity index is 2.32. The van der Waals surface area contributed by atoms with Crippen LogP contribution >= 0.6 is 0 Å². The van der Waals surface area contributed by atoms with Gasteiger partial charge in [-0.05, 0) is 13.3 Å². The summed E-state index contributed by atoms with van der Waals surface area (Å²) in [6.07, 6.45) is -0.568. The molecule has 14 heavy (non-hydrogen) atoms. The highest BCUT2D eigenvalue weighted by molar-refractivity contribution is 5.76. The van der Waals surface area contributed by atoms with Crippen LogP contribution in [0.5, 0.6) is 0 Å². The first-order valence-electron chi connectivity index (χ1n) is 4.90. The van der Waals surface area contributed by atoms with Crippen molar-refractivity contribution in [1.29, 1.82) is 0 Å². The number of aliphatic hydroxyl groups is 2. The van der Waals surface area contributed by atoms with Gasteiger partial charge in [-0.1, -0.05) is 0 Å². The summed E-state index contributed by atoms with van der Waals surface area (Å²) in [6.45, 7) is 2.32. The van der Waals surface area contributed by atoms with Crippen molar-refractivity contribution in [2.24, 2.45) is 5.73 Å². The molecule has 1 fully saturated rings. The predicted molar refractivity (Wildman–Crippen MR) is 51.5 cm³/mol. The zero-order valence-corrected chi connectivity index (χ0v) is 8.39. The lowest BCUT2D eigenvalue weighted by Crippen LogP contribution is -2.31. The largest absolute Gasteiger partial charge is 0.388 e. The Morgan fingerprint density at radius 1 is 1.50 bits per heavy atom. The second-order valence-electron chi connectivity index (χ2n) is 3.95. The van der Waals surface area contributed by atoms with Gasteiger partial charge < -0.3 is 20.8 Å². The number of amides is 1. The third-order valence-corrected chi connectivity index (χ3v) is 2.43. The minimum atomic E-state index is -0.797. The molecule has 3 unspecified atom stereocenters. The second kappa shape index (κ2) is 4.72. The first-order valence-corrected chi connectivity index (χ1v) is 4.90. The molecular formula is C9H18N2O3. The van der Waals surface area contributed by atoms with Crippen LogP contribution < -0.4 is 5.73 Å². The lowest BCUT2D eigenvalue weighted by molar-refractivity contribution is -0.130. The van der Waals surface area contributed by atoms with Crippen LogP contribution in [0, 0.1) is 0 Å². The minimum Gasteiger partial charge on any atom is -0.388 e. The highest BCUT2D eigenvalue weighted by Crippen LogP contribution is 2.12. The van der Waals surface area contributed by atoms with Gasteiger partial charge in [-0.3, -0.25) is 4.79 Å². The average molecular weight is 202 g/mol. The van der Waals surface area contributed by atoms with Crippen LogP contribution in [0.2, 0.25) is 0 Å². The summed E-state index contributed by atoms with van der Waals surface area (Å²) in [6, 6.07) is 0.0106. The van der Waals surface area contributed by atoms with Gasteiger partial charge in [0.1, 0.15) is 0 Å². The zero-order chi connectivity index (χ0) is 10.7. The van der Waals surface area contributed by atoms with Crippen molar-refractivity contribution in [1.82, 2.24) is 4.90 Å². The van der Waals surface area contributed by atoms with Crippen molar-refractivity contribution < 1.29 is 15.0 Å². The topological polar surface area (TPSA) is 86.8 Å². The highest BCUT2D eigenvalue weighted by atomic mass is 16.3. The summed E-state index contributed by atoms with van der Waals surface area (Å²) in [5.41, 5.74) is 5.52. The van der Waals surface area contributed by atoms with E-state index in [4.69, 9.17) is 5.73 Å². The van der Waals surface area contributed by atoms with Gasteiger partial charge in [0.2, 0.25) is 5.91 Å². The number of hydrogen-bond acceptors (Lipinski definition) is 4. The molecule has 0 aliphatic carbocycles. The molecule has 0 spiro atoms. The third-order valence-electron chi connectivity index (χ3n) is 2.43. The Bertz CT molecular complexity index is 198. The third kappa shape index (κ3) is 2.94. The molecular weight excluding hydrogens is 184 g/mol. The normalized spacial score (nSPS) is 29.3. The fraction of sp³-hybridized carbons (Fsp3) is 0.889. The van der Waals surface area contributed by atoms with Crippen molar-refractivity contribution >= 4 is 5.91 Å². The SMILES string of the molecule is CC(N)CCC(=O)N1CC(O)C(O)C1. The van der Waals surface area contributed by atoms with Gasteiger partial charge in [0.25, 0.3) is 0 Å². The molecule has 3 atom stereocenters. The molecule has 0 aromatic carbocycles. The van der Waals surface area contributed by atoms with Crippen molar-refractivity contribution in [2.75, 3.05) is 13.1 Å². The van der Waals surface area contributed by atoms with E-state index in [-0.39, 0.29) is 25.0 Å². The fourth-order valence-corrected chi connectivity index (χ4v) is 1.48. The monoisotopic (exact) mass is 202 g/mol. The van der Waals surface area contributed by atoms with Crippen molar-refractivity contribution in [3.63, 3.8) is 0 Å². The van der Waals surface area contributed by atoms with E-state index in [1.54, 1.807) is 0 Å². The van der Waals surface area contributed by atoms with Crippen LogP contribution in [0.1, 0.15) is 19.8 Å². The number of carbonyl (C=O) groups is 1. The van der Waals surface area contributed by atoms with Crippen LogP contribution in [0.3, 0.4) is 0 Å². The number of nitrogens with zero attached hydrogens (tertiary/aromatic N) is 1. The Morgan fingerprint density at radius 3 is 2.43 bits per heavy atom. The highest BCUT2D eigenvalue weighted by Gasteiger charge is 2.31. The summed E-state index contributed by atoms with van der Waals surface area (Å²) >= 11 is 0. The van der Waals surface area contributed by atoms with E-state index in [9.17, 15) is 15.0 Å². The van der Waals surface area contributed by atoms with Crippen LogP contribution in [0.15, 0.2) is 0 Å². The molecule has 1 heterocycles. The van der Waals surface area contributed by atoms with Crippen LogP contribution in [0.25, 0.3) is 0 Å². The number of hydrogen-bond donors (Lipinski definition) is 3. The van der Waals surface area contributed by atoms with E-state index >= 15 is 0 Å². The van der Waals surface area contributed by atoms with E-state index < -0.39 is 12.2 Å². The maximum absolute atomic E-state index is 11.5. The molecule has 0 aromatic heterocycles. The Labute approximate surface area is 83.5 Å². The second-order valence-corrected chi connectivity index (χ2v) is 3.95. The summed E-state index contributed by atoms with van der Waals surface area (Å²) in [5, 5.41) is 18.5.